The van der Waals surface area contributed by atoms with E-state index >= 15 is 0 Å². The van der Waals surface area contributed by atoms with E-state index in [-0.39, 0.29) is 5.69 Å². The van der Waals surface area contributed by atoms with Crippen molar-refractivity contribution in [2.75, 3.05) is 14.2 Å². The van der Waals surface area contributed by atoms with Gasteiger partial charge in [0.15, 0.2) is 16.4 Å². The Morgan fingerprint density at radius 3 is 2.28 bits per heavy atom. The summed E-state index contributed by atoms with van der Waals surface area (Å²) >= 11 is 0. The number of aryl methyl sites for hydroxylation is 1. The second-order valence-corrected chi connectivity index (χ2v) is 6.97. The summed E-state index contributed by atoms with van der Waals surface area (Å²) < 4.78 is 37.8. The van der Waals surface area contributed by atoms with Crippen LogP contribution in [0.15, 0.2) is 32.7 Å². The Morgan fingerprint density at radius 1 is 1.08 bits per heavy atom. The fourth-order valence-electron chi connectivity index (χ4n) is 2.39. The summed E-state index contributed by atoms with van der Waals surface area (Å²) in [6.45, 7) is 2.96. The van der Waals surface area contributed by atoms with E-state index in [1.54, 1.807) is 25.1 Å². The van der Waals surface area contributed by atoms with E-state index in [2.05, 4.69) is 9.71 Å². The van der Waals surface area contributed by atoms with Gasteiger partial charge in [0.2, 0.25) is 10.0 Å². The standard InChI is InChI=1S/C15H19N3O6S/c1-8(10-5-6-11(23-3)12(7-10)24-4)18-25(21,22)13-9(2)16-15(20)17-14(13)19/h5-8,18H,1-4H3,(H2,16,17,19,20)/t8-/m1/s1. The number of aromatic nitrogens is 2. The zero-order valence-electron chi connectivity index (χ0n) is 14.2. The number of methoxy groups -OCH3 is 2. The molecule has 0 aliphatic heterocycles. The summed E-state index contributed by atoms with van der Waals surface area (Å²) in [5.41, 5.74) is -1.18. The number of hydrogen-bond acceptors (Lipinski definition) is 6. The first-order chi connectivity index (χ1) is 11.7. The average Bonchev–Trinajstić information content (AvgIpc) is 2.52. The van der Waals surface area contributed by atoms with Gasteiger partial charge in [0.05, 0.1) is 14.2 Å². The number of aromatic amines is 2. The number of rotatable bonds is 6. The zero-order chi connectivity index (χ0) is 18.8. The minimum absolute atomic E-state index is 0.0410. The van der Waals surface area contributed by atoms with Gasteiger partial charge in [-0.15, -0.1) is 0 Å². The Morgan fingerprint density at radius 2 is 1.72 bits per heavy atom. The van der Waals surface area contributed by atoms with Crippen LogP contribution in [0.1, 0.15) is 24.2 Å². The van der Waals surface area contributed by atoms with E-state index in [0.717, 1.165) is 0 Å². The zero-order valence-corrected chi connectivity index (χ0v) is 15.0. The molecule has 0 bridgehead atoms. The van der Waals surface area contributed by atoms with Crippen LogP contribution in [-0.2, 0) is 10.0 Å². The number of hydrogen-bond donors (Lipinski definition) is 3. The maximum atomic E-state index is 12.5. The Labute approximate surface area is 144 Å². The minimum atomic E-state index is -4.16. The molecular formula is C15H19N3O6S. The van der Waals surface area contributed by atoms with Gasteiger partial charge in [-0.1, -0.05) is 6.07 Å². The molecule has 136 valence electrons. The smallest absolute Gasteiger partial charge is 0.325 e. The van der Waals surface area contributed by atoms with Crippen molar-refractivity contribution in [2.45, 2.75) is 24.8 Å². The molecule has 0 spiro atoms. The first-order valence-electron chi connectivity index (χ1n) is 7.27. The normalized spacial score (nSPS) is 12.6. The molecule has 10 heteroatoms. The van der Waals surface area contributed by atoms with E-state index in [1.807, 2.05) is 4.98 Å². The molecular weight excluding hydrogens is 350 g/mol. The third-order valence-electron chi connectivity index (χ3n) is 3.58. The Bertz CT molecular complexity index is 993. The molecule has 1 heterocycles. The second-order valence-electron chi connectivity index (χ2n) is 5.32. The van der Waals surface area contributed by atoms with Gasteiger partial charge in [-0.2, -0.15) is 0 Å². The van der Waals surface area contributed by atoms with Crippen LogP contribution in [0.5, 0.6) is 11.5 Å². The monoisotopic (exact) mass is 369 g/mol. The molecule has 1 aromatic heterocycles. The highest BCUT2D eigenvalue weighted by Crippen LogP contribution is 2.30. The van der Waals surface area contributed by atoms with Crippen molar-refractivity contribution in [1.82, 2.24) is 14.7 Å². The van der Waals surface area contributed by atoms with Gasteiger partial charge in [-0.3, -0.25) is 9.78 Å². The number of sulfonamides is 1. The third-order valence-corrected chi connectivity index (χ3v) is 5.28. The molecule has 1 aromatic carbocycles. The van der Waals surface area contributed by atoms with Crippen molar-refractivity contribution in [2.24, 2.45) is 0 Å². The molecule has 0 saturated heterocycles. The van der Waals surface area contributed by atoms with Gasteiger partial charge in [-0.05, 0) is 31.5 Å². The summed E-state index contributed by atoms with van der Waals surface area (Å²) in [6, 6.07) is 4.31. The molecule has 0 amide bonds. The molecule has 2 rings (SSSR count). The lowest BCUT2D eigenvalue weighted by Gasteiger charge is -2.17. The van der Waals surface area contributed by atoms with E-state index in [4.69, 9.17) is 9.47 Å². The van der Waals surface area contributed by atoms with Crippen LogP contribution in [0.3, 0.4) is 0 Å². The van der Waals surface area contributed by atoms with Crippen molar-refractivity contribution in [1.29, 1.82) is 0 Å². The van der Waals surface area contributed by atoms with Crippen LogP contribution in [0, 0.1) is 6.92 Å². The maximum absolute atomic E-state index is 12.5. The molecule has 0 aliphatic carbocycles. The fourth-order valence-corrected chi connectivity index (χ4v) is 3.86. The van der Waals surface area contributed by atoms with Crippen molar-refractivity contribution >= 4 is 10.0 Å². The van der Waals surface area contributed by atoms with E-state index in [1.165, 1.54) is 21.1 Å². The lowest BCUT2D eigenvalue weighted by Crippen LogP contribution is -2.35. The molecule has 2 aromatic rings. The summed E-state index contributed by atoms with van der Waals surface area (Å²) in [7, 11) is -1.19. The molecule has 0 saturated carbocycles. The number of benzene rings is 1. The topological polar surface area (TPSA) is 130 Å². The predicted molar refractivity (Wildman–Crippen MR) is 90.7 cm³/mol. The van der Waals surface area contributed by atoms with E-state index < -0.39 is 32.2 Å². The SMILES string of the molecule is COc1ccc([C@@H](C)NS(=O)(=O)c2c(C)[nH]c(=O)[nH]c2=O)cc1OC. The van der Waals surface area contributed by atoms with Gasteiger partial charge >= 0.3 is 5.69 Å². The van der Waals surface area contributed by atoms with Crippen LogP contribution in [-0.4, -0.2) is 32.6 Å². The van der Waals surface area contributed by atoms with Gasteiger partial charge in [0.1, 0.15) is 0 Å². The van der Waals surface area contributed by atoms with Gasteiger partial charge in [0.25, 0.3) is 5.56 Å². The molecule has 1 atom stereocenters. The molecule has 0 radical (unpaired) electrons. The molecule has 0 aliphatic rings. The van der Waals surface area contributed by atoms with Gasteiger partial charge < -0.3 is 14.5 Å². The maximum Gasteiger partial charge on any atom is 0.325 e. The Balaban J connectivity index is 2.39. The van der Waals surface area contributed by atoms with Crippen LogP contribution in [0.2, 0.25) is 0 Å². The highest BCUT2D eigenvalue weighted by Gasteiger charge is 2.25. The quantitative estimate of drug-likeness (QED) is 0.677. The summed E-state index contributed by atoms with van der Waals surface area (Å²) in [5.74, 6) is 0.957. The molecule has 9 nitrogen and oxygen atoms in total. The summed E-state index contributed by atoms with van der Waals surface area (Å²) in [6.07, 6.45) is 0. The molecule has 3 N–H and O–H groups in total. The fraction of sp³-hybridized carbons (Fsp3) is 0.333. The summed E-state index contributed by atoms with van der Waals surface area (Å²) in [5, 5.41) is 0. The minimum Gasteiger partial charge on any atom is -0.493 e. The van der Waals surface area contributed by atoms with Crippen LogP contribution < -0.4 is 25.4 Å². The Kier molecular flexibility index (Phi) is 5.33. The largest absolute Gasteiger partial charge is 0.493 e. The second kappa shape index (κ2) is 7.11. The molecule has 0 fully saturated rings. The Hall–Kier alpha value is -2.59. The first-order valence-corrected chi connectivity index (χ1v) is 8.75. The van der Waals surface area contributed by atoms with Gasteiger partial charge in [-0.25, -0.2) is 17.9 Å². The molecule has 0 unspecified atom stereocenters. The van der Waals surface area contributed by atoms with Crippen molar-refractivity contribution in [3.63, 3.8) is 0 Å². The van der Waals surface area contributed by atoms with Crippen LogP contribution in [0.4, 0.5) is 0 Å². The lowest BCUT2D eigenvalue weighted by molar-refractivity contribution is 0.354. The molecule has 25 heavy (non-hydrogen) atoms. The van der Waals surface area contributed by atoms with Crippen LogP contribution >= 0.6 is 0 Å². The highest BCUT2D eigenvalue weighted by molar-refractivity contribution is 7.89. The average molecular weight is 369 g/mol. The number of nitrogens with one attached hydrogen (secondary N) is 3. The number of ether oxygens (including phenoxy) is 2. The van der Waals surface area contributed by atoms with Gasteiger partial charge in [0, 0.05) is 11.7 Å². The highest BCUT2D eigenvalue weighted by atomic mass is 32.2. The summed E-state index contributed by atoms with van der Waals surface area (Å²) in [4.78, 5) is 26.7. The first kappa shape index (κ1) is 18.7. The number of H-pyrrole nitrogens is 2. The lowest BCUT2D eigenvalue weighted by atomic mass is 10.1. The van der Waals surface area contributed by atoms with Crippen molar-refractivity contribution < 1.29 is 17.9 Å². The van der Waals surface area contributed by atoms with Crippen molar-refractivity contribution in [3.8, 4) is 11.5 Å². The van der Waals surface area contributed by atoms with Crippen molar-refractivity contribution in [3.05, 3.63) is 50.3 Å². The van der Waals surface area contributed by atoms with E-state index in [9.17, 15) is 18.0 Å². The third kappa shape index (κ3) is 3.91. The van der Waals surface area contributed by atoms with Crippen LogP contribution in [0.25, 0.3) is 0 Å². The predicted octanol–water partition coefficient (Wildman–Crippen LogP) is 0.428. The van der Waals surface area contributed by atoms with E-state index in [0.29, 0.717) is 17.1 Å².